The normalized spacial score (nSPS) is 13.8. The Morgan fingerprint density at radius 2 is 1.91 bits per heavy atom. The van der Waals surface area contributed by atoms with Crippen molar-refractivity contribution < 1.29 is 13.9 Å². The van der Waals surface area contributed by atoms with Crippen molar-refractivity contribution in [2.45, 2.75) is 26.4 Å². The maximum atomic E-state index is 14.8. The van der Waals surface area contributed by atoms with Crippen LogP contribution < -0.4 is 10.1 Å². The smallest absolute Gasteiger partial charge is 0.321 e. The van der Waals surface area contributed by atoms with E-state index in [4.69, 9.17) is 21.1 Å². The Morgan fingerprint density at radius 3 is 2.58 bits per heavy atom. The average molecular weight is 468 g/mol. The highest BCUT2D eigenvalue weighted by Crippen LogP contribution is 2.27. The van der Waals surface area contributed by atoms with Gasteiger partial charge in [-0.15, -0.1) is 0 Å². The van der Waals surface area contributed by atoms with Gasteiger partial charge in [0.05, 0.1) is 36.1 Å². The Balaban J connectivity index is 1.29. The molecule has 0 unspecified atom stereocenters. The molecule has 33 heavy (non-hydrogen) atoms. The largest absolute Gasteiger partial charge is 0.424 e. The van der Waals surface area contributed by atoms with Gasteiger partial charge in [0, 0.05) is 19.0 Å². The zero-order valence-corrected chi connectivity index (χ0v) is 18.8. The molecule has 1 aliphatic rings. The van der Waals surface area contributed by atoms with Crippen molar-refractivity contribution in [2.24, 2.45) is 5.92 Å². The molecule has 3 heterocycles. The molecule has 0 saturated carbocycles. The summed E-state index contributed by atoms with van der Waals surface area (Å²) in [4.78, 5) is 12.6. The molecule has 1 aliphatic heterocycles. The number of aromatic nitrogens is 4. The standard InChI is InChI=1S/C24H23ClFN5O2/c1-2-31-21-9-16(7-17-13-32-14-17)8-20(26)22(21)30-23(31)27-10-15-3-5-19(6-4-15)33-24-28-11-18(25)12-29-24/h3-6,8-9,11-12,17H,2,7,10,13-14H2,1H3,(H,27,30). The van der Waals surface area contributed by atoms with E-state index in [1.165, 1.54) is 12.4 Å². The summed E-state index contributed by atoms with van der Waals surface area (Å²) in [5, 5.41) is 3.79. The number of halogens is 2. The maximum absolute atomic E-state index is 14.8. The molecule has 0 aliphatic carbocycles. The molecule has 0 radical (unpaired) electrons. The van der Waals surface area contributed by atoms with Crippen LogP contribution in [-0.2, 0) is 24.2 Å². The van der Waals surface area contributed by atoms with E-state index in [1.807, 2.05) is 41.8 Å². The predicted octanol–water partition coefficient (Wildman–Crippen LogP) is 5.23. The fourth-order valence-electron chi connectivity index (χ4n) is 3.86. The second-order valence-electron chi connectivity index (χ2n) is 8.02. The highest BCUT2D eigenvalue weighted by molar-refractivity contribution is 6.30. The van der Waals surface area contributed by atoms with Crippen molar-refractivity contribution in [3.8, 4) is 11.8 Å². The van der Waals surface area contributed by atoms with Crippen LogP contribution in [0.25, 0.3) is 11.0 Å². The number of ether oxygens (including phenoxy) is 2. The molecule has 4 aromatic rings. The van der Waals surface area contributed by atoms with Gasteiger partial charge in [0.2, 0.25) is 5.95 Å². The van der Waals surface area contributed by atoms with Gasteiger partial charge in [0.25, 0.3) is 0 Å². The molecule has 2 aromatic heterocycles. The number of benzene rings is 2. The molecule has 9 heteroatoms. The summed E-state index contributed by atoms with van der Waals surface area (Å²) in [6.07, 6.45) is 3.78. The summed E-state index contributed by atoms with van der Waals surface area (Å²) in [5.74, 6) is 1.44. The van der Waals surface area contributed by atoms with Crippen LogP contribution in [0.5, 0.6) is 11.8 Å². The molecular formula is C24H23ClFN5O2. The first-order valence-corrected chi connectivity index (χ1v) is 11.2. The number of nitrogens with one attached hydrogen (secondary N) is 1. The van der Waals surface area contributed by atoms with E-state index in [2.05, 4.69) is 20.3 Å². The van der Waals surface area contributed by atoms with Crippen LogP contribution in [0, 0.1) is 11.7 Å². The van der Waals surface area contributed by atoms with Gasteiger partial charge in [-0.3, -0.25) is 0 Å². The quantitative estimate of drug-likeness (QED) is 0.382. The molecule has 5 rings (SSSR count). The summed E-state index contributed by atoms with van der Waals surface area (Å²) in [5.41, 5.74) is 3.21. The number of anilines is 1. The fourth-order valence-corrected chi connectivity index (χ4v) is 3.96. The van der Waals surface area contributed by atoms with E-state index < -0.39 is 0 Å². The van der Waals surface area contributed by atoms with Gasteiger partial charge >= 0.3 is 6.01 Å². The first kappa shape index (κ1) is 21.6. The summed E-state index contributed by atoms with van der Waals surface area (Å²) >= 11 is 5.79. The summed E-state index contributed by atoms with van der Waals surface area (Å²) in [6.45, 7) is 4.74. The van der Waals surface area contributed by atoms with Crippen LogP contribution in [0.15, 0.2) is 48.8 Å². The van der Waals surface area contributed by atoms with Crippen LogP contribution >= 0.6 is 11.6 Å². The summed E-state index contributed by atoms with van der Waals surface area (Å²) < 4.78 is 27.7. The Hall–Kier alpha value is -3.23. The SMILES string of the molecule is CCn1c(NCc2ccc(Oc3ncc(Cl)cn3)cc2)nc2c(F)cc(CC3COC3)cc21. The predicted molar refractivity (Wildman–Crippen MR) is 124 cm³/mol. The molecule has 170 valence electrons. The monoisotopic (exact) mass is 467 g/mol. The van der Waals surface area contributed by atoms with Gasteiger partial charge in [-0.2, -0.15) is 0 Å². The zero-order valence-electron chi connectivity index (χ0n) is 18.1. The lowest BCUT2D eigenvalue weighted by atomic mass is 9.97. The van der Waals surface area contributed by atoms with E-state index in [0.717, 1.165) is 36.3 Å². The Kier molecular flexibility index (Phi) is 6.11. The molecular weight excluding hydrogens is 445 g/mol. The van der Waals surface area contributed by atoms with Crippen molar-refractivity contribution in [1.29, 1.82) is 0 Å². The molecule has 1 saturated heterocycles. The number of hydrogen-bond acceptors (Lipinski definition) is 6. The summed E-state index contributed by atoms with van der Waals surface area (Å²) in [7, 11) is 0. The van der Waals surface area contributed by atoms with Crippen molar-refractivity contribution in [2.75, 3.05) is 18.5 Å². The molecule has 0 amide bonds. The Morgan fingerprint density at radius 1 is 1.15 bits per heavy atom. The third-order valence-electron chi connectivity index (χ3n) is 5.59. The van der Waals surface area contributed by atoms with E-state index >= 15 is 0 Å². The maximum Gasteiger partial charge on any atom is 0.321 e. The van der Waals surface area contributed by atoms with Crippen LogP contribution in [0.3, 0.4) is 0 Å². The third kappa shape index (κ3) is 4.77. The first-order chi connectivity index (χ1) is 16.1. The van der Waals surface area contributed by atoms with Crippen LogP contribution in [0.2, 0.25) is 5.02 Å². The highest BCUT2D eigenvalue weighted by atomic mass is 35.5. The Bertz CT molecular complexity index is 1260. The molecule has 0 bridgehead atoms. The van der Waals surface area contributed by atoms with E-state index in [0.29, 0.717) is 41.2 Å². The van der Waals surface area contributed by atoms with Gasteiger partial charge < -0.3 is 19.4 Å². The fraction of sp³-hybridized carbons (Fsp3) is 0.292. The van der Waals surface area contributed by atoms with E-state index in [-0.39, 0.29) is 11.8 Å². The lowest BCUT2D eigenvalue weighted by molar-refractivity contribution is -0.0312. The van der Waals surface area contributed by atoms with Crippen molar-refractivity contribution in [3.63, 3.8) is 0 Å². The number of aryl methyl sites for hydroxylation is 1. The number of rotatable bonds is 8. The molecule has 1 N–H and O–H groups in total. The van der Waals surface area contributed by atoms with Gasteiger partial charge in [-0.1, -0.05) is 23.7 Å². The lowest BCUT2D eigenvalue weighted by Crippen LogP contribution is -2.29. The second-order valence-corrected chi connectivity index (χ2v) is 8.45. The van der Waals surface area contributed by atoms with Crippen LogP contribution in [0.4, 0.5) is 10.3 Å². The molecule has 1 fully saturated rings. The van der Waals surface area contributed by atoms with Crippen molar-refractivity contribution in [3.05, 3.63) is 70.8 Å². The molecule has 2 aromatic carbocycles. The number of nitrogens with zero attached hydrogens (tertiary/aromatic N) is 4. The second kappa shape index (κ2) is 9.33. The van der Waals surface area contributed by atoms with Gasteiger partial charge in [-0.05, 0) is 48.7 Å². The lowest BCUT2D eigenvalue weighted by Gasteiger charge is -2.25. The minimum Gasteiger partial charge on any atom is -0.424 e. The third-order valence-corrected chi connectivity index (χ3v) is 5.79. The topological polar surface area (TPSA) is 74.1 Å². The minimum absolute atomic E-state index is 0.230. The Labute approximate surface area is 195 Å². The zero-order chi connectivity index (χ0) is 22.8. The van der Waals surface area contributed by atoms with E-state index in [9.17, 15) is 4.39 Å². The van der Waals surface area contributed by atoms with Gasteiger partial charge in [0.1, 0.15) is 11.3 Å². The highest BCUT2D eigenvalue weighted by Gasteiger charge is 2.21. The van der Waals surface area contributed by atoms with E-state index in [1.54, 1.807) is 6.07 Å². The number of hydrogen-bond donors (Lipinski definition) is 1. The minimum atomic E-state index is -0.288. The molecule has 7 nitrogen and oxygen atoms in total. The van der Waals surface area contributed by atoms with Gasteiger partial charge in [0.15, 0.2) is 5.82 Å². The number of fused-ring (bicyclic) bond motifs is 1. The first-order valence-electron chi connectivity index (χ1n) is 10.8. The van der Waals surface area contributed by atoms with Crippen molar-refractivity contribution >= 4 is 28.6 Å². The number of imidazole rings is 1. The molecule has 0 atom stereocenters. The summed E-state index contributed by atoms with van der Waals surface area (Å²) in [6, 6.07) is 11.4. The van der Waals surface area contributed by atoms with Gasteiger partial charge in [-0.25, -0.2) is 19.3 Å². The molecule has 0 spiro atoms. The van der Waals surface area contributed by atoms with Crippen molar-refractivity contribution in [1.82, 2.24) is 19.5 Å². The van der Waals surface area contributed by atoms with Crippen LogP contribution in [-0.4, -0.2) is 32.7 Å². The average Bonchev–Trinajstić information content (AvgIpc) is 3.15. The van der Waals surface area contributed by atoms with Crippen LogP contribution in [0.1, 0.15) is 18.1 Å².